The number of aryl methyl sites for hydroxylation is 1. The molecule has 142 valence electrons. The van der Waals surface area contributed by atoms with Crippen molar-refractivity contribution in [3.63, 3.8) is 0 Å². The summed E-state index contributed by atoms with van der Waals surface area (Å²) < 4.78 is 2.25. The molecule has 5 rings (SSSR count). The number of nitrogens with one attached hydrogen (secondary N) is 1. The van der Waals surface area contributed by atoms with Crippen LogP contribution in [-0.2, 0) is 17.8 Å². The molecule has 1 N–H and O–H groups in total. The van der Waals surface area contributed by atoms with Crippen molar-refractivity contribution in [1.82, 2.24) is 14.8 Å². The molecule has 2 aliphatic carbocycles. The van der Waals surface area contributed by atoms with E-state index >= 15 is 0 Å². The molecule has 5 heteroatoms. The minimum atomic E-state index is 0.157. The smallest absolute Gasteiger partial charge is 0.224 e. The number of aromatic nitrogens is 3. The summed E-state index contributed by atoms with van der Waals surface area (Å²) in [5.41, 5.74) is 1.90. The molecule has 3 atom stereocenters. The van der Waals surface area contributed by atoms with E-state index in [1.54, 1.807) is 0 Å². The van der Waals surface area contributed by atoms with Gasteiger partial charge in [-0.15, -0.1) is 10.2 Å². The van der Waals surface area contributed by atoms with Crippen LogP contribution in [0.15, 0.2) is 24.3 Å². The summed E-state index contributed by atoms with van der Waals surface area (Å²) in [6.45, 7) is 0.985. The summed E-state index contributed by atoms with van der Waals surface area (Å²) in [5, 5.41) is 12.0. The molecule has 2 fully saturated rings. The second-order valence-electron chi connectivity index (χ2n) is 8.67. The number of hydrogen-bond donors (Lipinski definition) is 1. The molecule has 0 radical (unpaired) electrons. The van der Waals surface area contributed by atoms with E-state index in [0.29, 0.717) is 12.3 Å². The van der Waals surface area contributed by atoms with Gasteiger partial charge < -0.3 is 9.88 Å². The van der Waals surface area contributed by atoms with Crippen LogP contribution in [0.4, 0.5) is 5.69 Å². The maximum absolute atomic E-state index is 12.6. The number of benzene rings is 1. The van der Waals surface area contributed by atoms with Crippen LogP contribution in [-0.4, -0.2) is 20.7 Å². The van der Waals surface area contributed by atoms with Gasteiger partial charge in [-0.05, 0) is 62.0 Å². The lowest BCUT2D eigenvalue weighted by Gasteiger charge is -2.21. The molecule has 2 saturated carbocycles. The van der Waals surface area contributed by atoms with E-state index in [4.69, 9.17) is 0 Å². The molecule has 0 spiro atoms. The minimum absolute atomic E-state index is 0.157. The number of carbonyl (C=O) groups excluding carboxylic acids is 1. The molecule has 5 nitrogen and oxygen atoms in total. The van der Waals surface area contributed by atoms with Gasteiger partial charge in [-0.2, -0.15) is 0 Å². The highest BCUT2D eigenvalue weighted by Crippen LogP contribution is 2.49. The molecule has 2 heterocycles. The van der Waals surface area contributed by atoms with E-state index in [2.05, 4.69) is 26.1 Å². The lowest BCUT2D eigenvalue weighted by Crippen LogP contribution is -2.20. The van der Waals surface area contributed by atoms with Crippen LogP contribution < -0.4 is 5.32 Å². The fourth-order valence-electron chi connectivity index (χ4n) is 5.51. The number of anilines is 1. The third-order valence-corrected chi connectivity index (χ3v) is 6.85. The average Bonchev–Trinajstić information content (AvgIpc) is 3.34. The Labute approximate surface area is 160 Å². The Morgan fingerprint density at radius 3 is 2.96 bits per heavy atom. The second-order valence-corrected chi connectivity index (χ2v) is 8.67. The first-order valence-electron chi connectivity index (χ1n) is 10.6. The SMILES string of the molecule is O=C(C[C@H]1C[C@H]2CC[C@@H]1C2)Nc1cccc(-c2nnc3n2CCCCC3)c1. The van der Waals surface area contributed by atoms with Gasteiger partial charge in [0.15, 0.2) is 5.82 Å². The zero-order valence-electron chi connectivity index (χ0n) is 15.9. The van der Waals surface area contributed by atoms with Gasteiger partial charge in [-0.25, -0.2) is 0 Å². The largest absolute Gasteiger partial charge is 0.326 e. The predicted octanol–water partition coefficient (Wildman–Crippen LogP) is 4.44. The molecular weight excluding hydrogens is 336 g/mol. The van der Waals surface area contributed by atoms with E-state index in [9.17, 15) is 4.79 Å². The Morgan fingerprint density at radius 1 is 1.15 bits per heavy atom. The molecule has 27 heavy (non-hydrogen) atoms. The Kier molecular flexibility index (Phi) is 4.46. The molecule has 2 aromatic rings. The topological polar surface area (TPSA) is 59.8 Å². The van der Waals surface area contributed by atoms with Gasteiger partial charge in [-0.3, -0.25) is 4.79 Å². The zero-order valence-corrected chi connectivity index (χ0v) is 15.9. The summed E-state index contributed by atoms with van der Waals surface area (Å²) in [6, 6.07) is 8.08. The molecule has 1 aromatic heterocycles. The fourth-order valence-corrected chi connectivity index (χ4v) is 5.51. The van der Waals surface area contributed by atoms with Crippen LogP contribution in [0.25, 0.3) is 11.4 Å². The third kappa shape index (κ3) is 3.40. The highest BCUT2D eigenvalue weighted by atomic mass is 16.1. The van der Waals surface area contributed by atoms with Crippen LogP contribution in [0, 0.1) is 17.8 Å². The standard InChI is InChI=1S/C22H28N4O/c27-21(14-18-12-15-8-9-16(18)11-15)23-19-6-4-5-17(13-19)22-25-24-20-7-2-1-3-10-26(20)22/h4-6,13,15-16,18H,1-3,7-12,14H2,(H,23,27)/t15-,16+,18+/m0/s1. The molecule has 2 bridgehead atoms. The first-order valence-corrected chi connectivity index (χ1v) is 10.6. The van der Waals surface area contributed by atoms with E-state index in [1.165, 1.54) is 44.9 Å². The van der Waals surface area contributed by atoms with Gasteiger partial charge in [0.2, 0.25) is 5.91 Å². The van der Waals surface area contributed by atoms with E-state index in [-0.39, 0.29) is 5.91 Å². The van der Waals surface area contributed by atoms with Crippen LogP contribution in [0.3, 0.4) is 0 Å². The fraction of sp³-hybridized carbons (Fsp3) is 0.591. The summed E-state index contributed by atoms with van der Waals surface area (Å²) in [6.07, 6.45) is 10.6. The molecule has 1 amide bonds. The predicted molar refractivity (Wildman–Crippen MR) is 105 cm³/mol. The lowest BCUT2D eigenvalue weighted by molar-refractivity contribution is -0.117. The van der Waals surface area contributed by atoms with Gasteiger partial charge in [-0.1, -0.05) is 25.0 Å². The quantitative estimate of drug-likeness (QED) is 0.873. The lowest BCUT2D eigenvalue weighted by atomic mass is 9.86. The number of nitrogens with zero attached hydrogens (tertiary/aromatic N) is 3. The summed E-state index contributed by atoms with van der Waals surface area (Å²) >= 11 is 0. The van der Waals surface area contributed by atoms with Crippen molar-refractivity contribution in [2.75, 3.05) is 5.32 Å². The van der Waals surface area contributed by atoms with Gasteiger partial charge in [0.1, 0.15) is 5.82 Å². The maximum atomic E-state index is 12.6. The Hall–Kier alpha value is -2.17. The third-order valence-electron chi connectivity index (χ3n) is 6.85. The molecule has 0 saturated heterocycles. The number of amides is 1. The molecule has 3 aliphatic rings. The van der Waals surface area contributed by atoms with Crippen LogP contribution in [0.2, 0.25) is 0 Å². The highest BCUT2D eigenvalue weighted by molar-refractivity contribution is 5.91. The first kappa shape index (κ1) is 17.0. The van der Waals surface area contributed by atoms with Crippen molar-refractivity contribution in [1.29, 1.82) is 0 Å². The normalized spacial score (nSPS) is 26.6. The van der Waals surface area contributed by atoms with Crippen LogP contribution >= 0.6 is 0 Å². The number of carbonyl (C=O) groups is 1. The maximum Gasteiger partial charge on any atom is 0.224 e. The van der Waals surface area contributed by atoms with Crippen molar-refractivity contribution in [3.05, 3.63) is 30.1 Å². The van der Waals surface area contributed by atoms with E-state index in [0.717, 1.165) is 47.7 Å². The minimum Gasteiger partial charge on any atom is -0.326 e. The first-order chi connectivity index (χ1) is 13.3. The van der Waals surface area contributed by atoms with Gasteiger partial charge in [0.25, 0.3) is 0 Å². The Balaban J connectivity index is 1.29. The summed E-state index contributed by atoms with van der Waals surface area (Å²) in [7, 11) is 0. The Morgan fingerprint density at radius 2 is 2.11 bits per heavy atom. The molecule has 0 unspecified atom stereocenters. The van der Waals surface area contributed by atoms with Crippen molar-refractivity contribution >= 4 is 11.6 Å². The number of rotatable bonds is 4. The monoisotopic (exact) mass is 364 g/mol. The van der Waals surface area contributed by atoms with Crippen LogP contribution in [0.5, 0.6) is 0 Å². The molecule has 1 aliphatic heterocycles. The van der Waals surface area contributed by atoms with Gasteiger partial charge >= 0.3 is 0 Å². The van der Waals surface area contributed by atoms with Gasteiger partial charge in [0, 0.05) is 30.6 Å². The van der Waals surface area contributed by atoms with Crippen molar-refractivity contribution < 1.29 is 4.79 Å². The van der Waals surface area contributed by atoms with E-state index in [1.807, 2.05) is 18.2 Å². The van der Waals surface area contributed by atoms with E-state index < -0.39 is 0 Å². The zero-order chi connectivity index (χ0) is 18.2. The molecule has 1 aromatic carbocycles. The highest BCUT2D eigenvalue weighted by Gasteiger charge is 2.40. The van der Waals surface area contributed by atoms with Crippen molar-refractivity contribution in [2.24, 2.45) is 17.8 Å². The van der Waals surface area contributed by atoms with Crippen LogP contribution in [0.1, 0.15) is 57.2 Å². The van der Waals surface area contributed by atoms with Crippen molar-refractivity contribution in [3.8, 4) is 11.4 Å². The number of hydrogen-bond acceptors (Lipinski definition) is 3. The summed E-state index contributed by atoms with van der Waals surface area (Å²) in [5.74, 6) is 4.45. The number of fused-ring (bicyclic) bond motifs is 3. The molecular formula is C22H28N4O. The summed E-state index contributed by atoms with van der Waals surface area (Å²) in [4.78, 5) is 12.6. The van der Waals surface area contributed by atoms with Gasteiger partial charge in [0.05, 0.1) is 0 Å². The average molecular weight is 364 g/mol. The van der Waals surface area contributed by atoms with Crippen molar-refractivity contribution in [2.45, 2.75) is 64.3 Å². The second kappa shape index (κ2) is 7.10. The Bertz CT molecular complexity index is 843.